The Balaban J connectivity index is 1.70. The molecule has 21 heavy (non-hydrogen) atoms. The number of nitrogens with two attached hydrogens (primary N) is 1. The molecule has 1 aliphatic heterocycles. The van der Waals surface area contributed by atoms with E-state index in [1.807, 2.05) is 0 Å². The van der Waals surface area contributed by atoms with Crippen LogP contribution < -0.4 is 16.4 Å². The number of nitrogens with one attached hydrogen (secondary N) is 2. The molecule has 1 heterocycles. The molecule has 0 spiro atoms. The number of primary amides is 1. The van der Waals surface area contributed by atoms with Crippen LogP contribution in [0.3, 0.4) is 0 Å². The lowest BCUT2D eigenvalue weighted by molar-refractivity contribution is -0.127. The molecule has 2 aliphatic rings. The van der Waals surface area contributed by atoms with Crippen LogP contribution in [0.1, 0.15) is 32.1 Å². The van der Waals surface area contributed by atoms with Gasteiger partial charge in [-0.05, 0) is 24.5 Å². The van der Waals surface area contributed by atoms with Crippen molar-refractivity contribution in [1.29, 1.82) is 0 Å². The van der Waals surface area contributed by atoms with Gasteiger partial charge in [0.1, 0.15) is 6.04 Å². The number of carbonyl (C=O) groups excluding carboxylic acids is 2. The molecule has 1 saturated carbocycles. The molecule has 0 aromatic carbocycles. The van der Waals surface area contributed by atoms with Crippen molar-refractivity contribution < 1.29 is 9.59 Å². The standard InChI is InChI=1S/C14H25N3O2S2/c15-13(18)11(17-14(19)12-8-21-9-16-12)7-20-6-10-4-2-1-3-5-10/h10-12,16H,1-9H2,(H2,15,18)(H,17,19)/t11?,12-/m0/s1. The Morgan fingerprint density at radius 2 is 2.10 bits per heavy atom. The lowest BCUT2D eigenvalue weighted by Gasteiger charge is -2.22. The highest BCUT2D eigenvalue weighted by Crippen LogP contribution is 2.26. The van der Waals surface area contributed by atoms with Gasteiger partial charge in [-0.15, -0.1) is 11.8 Å². The van der Waals surface area contributed by atoms with E-state index in [1.54, 1.807) is 23.5 Å². The van der Waals surface area contributed by atoms with Crippen LogP contribution in [-0.4, -0.2) is 47.0 Å². The summed E-state index contributed by atoms with van der Waals surface area (Å²) in [6, 6.07) is -0.751. The van der Waals surface area contributed by atoms with E-state index in [4.69, 9.17) is 5.73 Å². The lowest BCUT2D eigenvalue weighted by Crippen LogP contribution is -2.52. The zero-order valence-corrected chi connectivity index (χ0v) is 13.9. The van der Waals surface area contributed by atoms with Gasteiger partial charge in [-0.3, -0.25) is 14.9 Å². The van der Waals surface area contributed by atoms with Gasteiger partial charge in [-0.25, -0.2) is 0 Å². The molecule has 1 saturated heterocycles. The van der Waals surface area contributed by atoms with E-state index in [2.05, 4.69) is 10.6 Å². The molecule has 2 amide bonds. The van der Waals surface area contributed by atoms with Crippen LogP contribution in [0.4, 0.5) is 0 Å². The third-order valence-electron chi connectivity index (χ3n) is 4.06. The summed E-state index contributed by atoms with van der Waals surface area (Å²) in [5.74, 6) is 3.41. The first kappa shape index (κ1) is 17.0. The maximum absolute atomic E-state index is 12.0. The van der Waals surface area contributed by atoms with Gasteiger partial charge >= 0.3 is 0 Å². The Hall–Kier alpha value is -0.400. The normalized spacial score (nSPS) is 24.7. The zero-order valence-electron chi connectivity index (χ0n) is 12.3. The van der Waals surface area contributed by atoms with E-state index >= 15 is 0 Å². The number of rotatable bonds is 7. The van der Waals surface area contributed by atoms with Crippen molar-refractivity contribution in [2.45, 2.75) is 44.2 Å². The van der Waals surface area contributed by atoms with Gasteiger partial charge in [0, 0.05) is 17.4 Å². The summed E-state index contributed by atoms with van der Waals surface area (Å²) in [5, 5.41) is 5.89. The van der Waals surface area contributed by atoms with Crippen LogP contribution >= 0.6 is 23.5 Å². The highest BCUT2D eigenvalue weighted by molar-refractivity contribution is 7.99. The number of carbonyl (C=O) groups is 2. The minimum Gasteiger partial charge on any atom is -0.368 e. The monoisotopic (exact) mass is 331 g/mol. The predicted octanol–water partition coefficient (Wildman–Crippen LogP) is 0.932. The van der Waals surface area contributed by atoms with Crippen molar-refractivity contribution in [3.63, 3.8) is 0 Å². The Kier molecular flexibility index (Phi) is 7.19. The molecule has 120 valence electrons. The van der Waals surface area contributed by atoms with Gasteiger partial charge in [-0.1, -0.05) is 19.3 Å². The second-order valence-corrected chi connectivity index (χ2v) is 7.88. The SMILES string of the molecule is NC(=O)C(CSCC1CCCCC1)NC(=O)[C@@H]1CSCN1. The van der Waals surface area contributed by atoms with E-state index in [1.165, 1.54) is 32.1 Å². The molecule has 2 fully saturated rings. The number of amides is 2. The maximum Gasteiger partial charge on any atom is 0.240 e. The van der Waals surface area contributed by atoms with Crippen LogP contribution in [0.5, 0.6) is 0 Å². The third-order valence-corrected chi connectivity index (χ3v) is 6.27. The molecule has 0 aromatic heterocycles. The quantitative estimate of drug-likeness (QED) is 0.646. The molecule has 0 radical (unpaired) electrons. The summed E-state index contributed by atoms with van der Waals surface area (Å²) in [5.41, 5.74) is 5.41. The van der Waals surface area contributed by atoms with Gasteiger partial charge < -0.3 is 11.1 Å². The van der Waals surface area contributed by atoms with Crippen molar-refractivity contribution >= 4 is 35.3 Å². The first-order chi connectivity index (χ1) is 10.2. The molecule has 0 bridgehead atoms. The molecule has 2 atom stereocenters. The minimum absolute atomic E-state index is 0.109. The average Bonchev–Trinajstić information content (AvgIpc) is 3.01. The molecule has 7 heteroatoms. The zero-order chi connectivity index (χ0) is 15.1. The minimum atomic E-state index is -0.557. The van der Waals surface area contributed by atoms with E-state index in [0.29, 0.717) is 5.75 Å². The van der Waals surface area contributed by atoms with Crippen molar-refractivity contribution in [3.8, 4) is 0 Å². The van der Waals surface area contributed by atoms with E-state index in [0.717, 1.165) is 23.3 Å². The first-order valence-corrected chi connectivity index (χ1v) is 9.96. The molecular weight excluding hydrogens is 306 g/mol. The molecule has 4 N–H and O–H groups in total. The average molecular weight is 332 g/mol. The Morgan fingerprint density at radius 1 is 1.33 bits per heavy atom. The fourth-order valence-electron chi connectivity index (χ4n) is 2.74. The predicted molar refractivity (Wildman–Crippen MR) is 89.3 cm³/mol. The summed E-state index contributed by atoms with van der Waals surface area (Å²) in [6.07, 6.45) is 6.60. The van der Waals surface area contributed by atoms with E-state index in [9.17, 15) is 9.59 Å². The molecule has 1 aliphatic carbocycles. The van der Waals surface area contributed by atoms with Crippen LogP contribution in [0, 0.1) is 5.92 Å². The van der Waals surface area contributed by atoms with Crippen LogP contribution in [0.15, 0.2) is 0 Å². The summed E-state index contributed by atoms with van der Waals surface area (Å²) < 4.78 is 0. The lowest BCUT2D eigenvalue weighted by atomic mass is 9.91. The number of hydrogen-bond acceptors (Lipinski definition) is 5. The highest BCUT2D eigenvalue weighted by atomic mass is 32.2. The van der Waals surface area contributed by atoms with Crippen LogP contribution in [0.25, 0.3) is 0 Å². The Morgan fingerprint density at radius 3 is 2.71 bits per heavy atom. The second kappa shape index (κ2) is 8.90. The van der Waals surface area contributed by atoms with Gasteiger partial charge in [0.2, 0.25) is 11.8 Å². The molecule has 2 rings (SSSR count). The van der Waals surface area contributed by atoms with Gasteiger partial charge in [0.05, 0.1) is 6.04 Å². The molecule has 1 unspecified atom stereocenters. The smallest absolute Gasteiger partial charge is 0.240 e. The van der Waals surface area contributed by atoms with Gasteiger partial charge in [-0.2, -0.15) is 11.8 Å². The highest BCUT2D eigenvalue weighted by Gasteiger charge is 2.26. The van der Waals surface area contributed by atoms with Crippen LogP contribution in [-0.2, 0) is 9.59 Å². The van der Waals surface area contributed by atoms with Crippen molar-refractivity contribution in [1.82, 2.24) is 10.6 Å². The Labute approximate surface area is 134 Å². The summed E-state index contributed by atoms with van der Waals surface area (Å²) >= 11 is 3.43. The third kappa shape index (κ3) is 5.71. The largest absolute Gasteiger partial charge is 0.368 e. The van der Waals surface area contributed by atoms with Crippen LogP contribution in [0.2, 0.25) is 0 Å². The number of hydrogen-bond donors (Lipinski definition) is 3. The summed E-state index contributed by atoms with van der Waals surface area (Å²) in [6.45, 7) is 0. The fraction of sp³-hybridized carbons (Fsp3) is 0.857. The van der Waals surface area contributed by atoms with E-state index in [-0.39, 0.29) is 11.9 Å². The van der Waals surface area contributed by atoms with Crippen molar-refractivity contribution in [2.75, 3.05) is 23.1 Å². The summed E-state index contributed by atoms with van der Waals surface area (Å²) in [4.78, 5) is 23.5. The maximum atomic E-state index is 12.0. The molecule has 5 nitrogen and oxygen atoms in total. The fourth-order valence-corrected chi connectivity index (χ4v) is 4.97. The topological polar surface area (TPSA) is 84.2 Å². The van der Waals surface area contributed by atoms with E-state index < -0.39 is 11.9 Å². The molecular formula is C14H25N3O2S2. The Bertz CT molecular complexity index is 356. The number of thioether (sulfide) groups is 2. The second-order valence-electron chi connectivity index (χ2n) is 5.78. The van der Waals surface area contributed by atoms with Gasteiger partial charge in [0.15, 0.2) is 0 Å². The molecule has 0 aromatic rings. The van der Waals surface area contributed by atoms with Gasteiger partial charge in [0.25, 0.3) is 0 Å². The first-order valence-electron chi connectivity index (χ1n) is 7.65. The summed E-state index contributed by atoms with van der Waals surface area (Å²) in [7, 11) is 0. The van der Waals surface area contributed by atoms with Crippen molar-refractivity contribution in [3.05, 3.63) is 0 Å². The van der Waals surface area contributed by atoms with Crippen molar-refractivity contribution in [2.24, 2.45) is 11.7 Å².